The first-order valence-electron chi connectivity index (χ1n) is 13.0. The van der Waals surface area contributed by atoms with Gasteiger partial charge in [0, 0.05) is 35.3 Å². The predicted molar refractivity (Wildman–Crippen MR) is 133 cm³/mol. The standard InChI is InChI=1S/C18H24FNO2.C10H12FNO2/c1-21-17-9-8-16(19)18-15(17)10-14(11-22-18)20(12-4-2-5-12)13-6-3-7-13;1-13-9-3-2-8(11)10-7(9)4-6(12)5-14-10/h8-9,12-14H,2-7,10-11H2,1H3;2-3,6H,4-5,12H2,1H3/t14-;6-/m11/s1. The summed E-state index contributed by atoms with van der Waals surface area (Å²) in [5.41, 5.74) is 7.35. The molecule has 2 fully saturated rings. The molecule has 0 radical (unpaired) electrons. The molecule has 0 saturated heterocycles. The summed E-state index contributed by atoms with van der Waals surface area (Å²) >= 11 is 0. The van der Waals surface area contributed by atoms with Crippen molar-refractivity contribution in [3.05, 3.63) is 47.0 Å². The molecule has 0 amide bonds. The average molecular weight is 503 g/mol. The van der Waals surface area contributed by atoms with Crippen LogP contribution in [-0.4, -0.2) is 56.5 Å². The highest BCUT2D eigenvalue weighted by Gasteiger charge is 2.40. The lowest BCUT2D eigenvalue weighted by atomic mass is 9.82. The zero-order valence-electron chi connectivity index (χ0n) is 21.1. The molecule has 8 heteroatoms. The fourth-order valence-electron chi connectivity index (χ4n) is 5.68. The number of rotatable bonds is 5. The van der Waals surface area contributed by atoms with Crippen molar-refractivity contribution in [2.75, 3.05) is 27.4 Å². The van der Waals surface area contributed by atoms with E-state index in [0.29, 0.717) is 49.3 Å². The molecule has 0 unspecified atom stereocenters. The van der Waals surface area contributed by atoms with Crippen LogP contribution >= 0.6 is 0 Å². The van der Waals surface area contributed by atoms with Crippen LogP contribution in [0.2, 0.25) is 0 Å². The summed E-state index contributed by atoms with van der Waals surface area (Å²) in [7, 11) is 3.19. The fraction of sp³-hybridized carbons (Fsp3) is 0.571. The molecule has 2 saturated carbocycles. The maximum atomic E-state index is 14.0. The highest BCUT2D eigenvalue weighted by molar-refractivity contribution is 5.48. The first kappa shape index (κ1) is 25.1. The number of methoxy groups -OCH3 is 2. The summed E-state index contributed by atoms with van der Waals surface area (Å²) in [5.74, 6) is 1.45. The van der Waals surface area contributed by atoms with Crippen LogP contribution in [0.15, 0.2) is 24.3 Å². The lowest BCUT2D eigenvalue weighted by Gasteiger charge is -2.51. The predicted octanol–water partition coefficient (Wildman–Crippen LogP) is 4.64. The first-order valence-corrected chi connectivity index (χ1v) is 13.0. The molecule has 0 bridgehead atoms. The van der Waals surface area contributed by atoms with Gasteiger partial charge in [-0.25, -0.2) is 8.78 Å². The Hall–Kier alpha value is -2.58. The molecule has 2 aromatic carbocycles. The van der Waals surface area contributed by atoms with E-state index in [1.807, 2.05) is 0 Å². The maximum Gasteiger partial charge on any atom is 0.165 e. The van der Waals surface area contributed by atoms with Crippen LogP contribution < -0.4 is 24.7 Å². The Morgan fingerprint density at radius 1 is 0.750 bits per heavy atom. The number of ether oxygens (including phenoxy) is 4. The number of hydrogen-bond acceptors (Lipinski definition) is 6. The molecule has 2 N–H and O–H groups in total. The number of halogens is 2. The molecular weight excluding hydrogens is 466 g/mol. The third-order valence-corrected chi connectivity index (χ3v) is 7.96. The minimum atomic E-state index is -0.354. The van der Waals surface area contributed by atoms with Gasteiger partial charge in [0.1, 0.15) is 24.7 Å². The van der Waals surface area contributed by atoms with Crippen LogP contribution in [-0.2, 0) is 12.8 Å². The summed E-state index contributed by atoms with van der Waals surface area (Å²) < 4.78 is 48.9. The second kappa shape index (κ2) is 10.8. The number of fused-ring (bicyclic) bond motifs is 2. The van der Waals surface area contributed by atoms with Crippen LogP contribution in [0.5, 0.6) is 23.0 Å². The third kappa shape index (κ3) is 4.85. The maximum absolute atomic E-state index is 14.0. The minimum Gasteiger partial charge on any atom is -0.496 e. The van der Waals surface area contributed by atoms with Crippen LogP contribution in [0.3, 0.4) is 0 Å². The van der Waals surface area contributed by atoms with E-state index in [9.17, 15) is 8.78 Å². The molecule has 6 rings (SSSR count). The average Bonchev–Trinajstić information content (AvgIpc) is 2.82. The van der Waals surface area contributed by atoms with Crippen molar-refractivity contribution in [1.29, 1.82) is 0 Å². The molecule has 196 valence electrons. The largest absolute Gasteiger partial charge is 0.496 e. The number of nitrogens with zero attached hydrogens (tertiary/aromatic N) is 1. The second-order valence-corrected chi connectivity index (χ2v) is 10.2. The van der Waals surface area contributed by atoms with E-state index in [2.05, 4.69) is 4.90 Å². The Bertz CT molecular complexity index is 1060. The van der Waals surface area contributed by atoms with E-state index in [4.69, 9.17) is 24.7 Å². The van der Waals surface area contributed by atoms with E-state index in [1.165, 1.54) is 50.7 Å². The lowest BCUT2D eigenvalue weighted by Crippen LogP contribution is -2.57. The van der Waals surface area contributed by atoms with Gasteiger partial charge in [0.25, 0.3) is 0 Å². The van der Waals surface area contributed by atoms with E-state index < -0.39 is 0 Å². The number of nitrogens with two attached hydrogens (primary N) is 1. The molecule has 2 heterocycles. The van der Waals surface area contributed by atoms with Gasteiger partial charge < -0.3 is 24.7 Å². The highest BCUT2D eigenvalue weighted by atomic mass is 19.1. The molecule has 0 aromatic heterocycles. The van der Waals surface area contributed by atoms with Crippen LogP contribution in [0, 0.1) is 11.6 Å². The summed E-state index contributed by atoms with van der Waals surface area (Å²) in [4.78, 5) is 2.69. The molecule has 0 spiro atoms. The highest BCUT2D eigenvalue weighted by Crippen LogP contribution is 2.41. The van der Waals surface area contributed by atoms with Gasteiger partial charge in [-0.3, -0.25) is 4.90 Å². The van der Waals surface area contributed by atoms with Crippen molar-refractivity contribution in [3.63, 3.8) is 0 Å². The SMILES string of the molecule is COc1ccc(F)c2c1C[C@@H](N(C1CCC1)C1CCC1)CO2.COc1ccc(F)c2c1C[C@@H](N)CO2. The summed E-state index contributed by atoms with van der Waals surface area (Å²) in [6, 6.07) is 7.78. The molecule has 4 aliphatic rings. The molecule has 2 aromatic rings. The van der Waals surface area contributed by atoms with Crippen molar-refractivity contribution >= 4 is 0 Å². The molecule has 6 nitrogen and oxygen atoms in total. The van der Waals surface area contributed by atoms with Gasteiger partial charge in [0.05, 0.1) is 14.2 Å². The summed E-state index contributed by atoms with van der Waals surface area (Å²) in [6.45, 7) is 0.959. The van der Waals surface area contributed by atoms with Crippen molar-refractivity contribution in [2.45, 2.75) is 75.5 Å². The molecule has 36 heavy (non-hydrogen) atoms. The Kier molecular flexibility index (Phi) is 7.53. The first-order chi connectivity index (χ1) is 17.5. The second-order valence-electron chi connectivity index (χ2n) is 10.2. The van der Waals surface area contributed by atoms with E-state index in [1.54, 1.807) is 26.4 Å². The van der Waals surface area contributed by atoms with Gasteiger partial charge >= 0.3 is 0 Å². The van der Waals surface area contributed by atoms with Crippen LogP contribution in [0.25, 0.3) is 0 Å². The van der Waals surface area contributed by atoms with Crippen LogP contribution in [0.1, 0.15) is 49.7 Å². The van der Waals surface area contributed by atoms with E-state index >= 15 is 0 Å². The zero-order valence-corrected chi connectivity index (χ0v) is 21.1. The molecule has 2 aliphatic carbocycles. The van der Waals surface area contributed by atoms with Crippen molar-refractivity contribution in [3.8, 4) is 23.0 Å². The minimum absolute atomic E-state index is 0.0850. The van der Waals surface area contributed by atoms with Crippen molar-refractivity contribution < 1.29 is 27.7 Å². The fourth-order valence-corrected chi connectivity index (χ4v) is 5.68. The van der Waals surface area contributed by atoms with Gasteiger partial charge in [-0.2, -0.15) is 0 Å². The van der Waals surface area contributed by atoms with Gasteiger partial charge in [0.2, 0.25) is 0 Å². The monoisotopic (exact) mass is 502 g/mol. The summed E-state index contributed by atoms with van der Waals surface area (Å²) in [5, 5.41) is 0. The van der Waals surface area contributed by atoms with Gasteiger partial charge in [-0.15, -0.1) is 0 Å². The lowest BCUT2D eigenvalue weighted by molar-refractivity contribution is -0.0196. The Morgan fingerprint density at radius 3 is 1.72 bits per heavy atom. The van der Waals surface area contributed by atoms with E-state index in [0.717, 1.165) is 23.3 Å². The zero-order chi connectivity index (χ0) is 25.2. The van der Waals surface area contributed by atoms with Crippen LogP contribution in [0.4, 0.5) is 8.78 Å². The number of hydrogen-bond donors (Lipinski definition) is 1. The Morgan fingerprint density at radius 2 is 1.25 bits per heavy atom. The Balaban J connectivity index is 0.000000165. The van der Waals surface area contributed by atoms with Crippen molar-refractivity contribution in [2.24, 2.45) is 5.73 Å². The third-order valence-electron chi connectivity index (χ3n) is 7.96. The molecule has 2 atom stereocenters. The Labute approximate surface area is 211 Å². The van der Waals surface area contributed by atoms with Crippen molar-refractivity contribution in [1.82, 2.24) is 4.90 Å². The van der Waals surface area contributed by atoms with Gasteiger partial charge in [0.15, 0.2) is 23.1 Å². The van der Waals surface area contributed by atoms with E-state index in [-0.39, 0.29) is 23.4 Å². The van der Waals surface area contributed by atoms with Gasteiger partial charge in [-0.1, -0.05) is 12.8 Å². The molecule has 2 aliphatic heterocycles. The quantitative estimate of drug-likeness (QED) is 0.643. The summed E-state index contributed by atoms with van der Waals surface area (Å²) in [6.07, 6.45) is 9.34. The normalized spacial score (nSPS) is 23.1. The smallest absolute Gasteiger partial charge is 0.165 e. The topological polar surface area (TPSA) is 66.2 Å². The van der Waals surface area contributed by atoms with Gasteiger partial charge in [-0.05, 0) is 62.8 Å². The number of benzene rings is 2. The molecular formula is C28H36F2N2O4.